The monoisotopic (exact) mass is 204 g/mol. The van der Waals surface area contributed by atoms with Crippen molar-refractivity contribution in [2.75, 3.05) is 0 Å². The van der Waals surface area contributed by atoms with Crippen molar-refractivity contribution in [2.45, 2.75) is 32.3 Å². The number of ketones is 1. The van der Waals surface area contributed by atoms with Crippen molar-refractivity contribution in [1.82, 2.24) is 0 Å². The molecule has 2 nitrogen and oxygen atoms in total. The van der Waals surface area contributed by atoms with Gasteiger partial charge in [-0.05, 0) is 37.3 Å². The van der Waals surface area contributed by atoms with Crippen molar-refractivity contribution in [3.8, 4) is 0 Å². The molecule has 0 saturated heterocycles. The van der Waals surface area contributed by atoms with E-state index in [4.69, 9.17) is 0 Å². The van der Waals surface area contributed by atoms with E-state index >= 15 is 0 Å². The van der Waals surface area contributed by atoms with Crippen LogP contribution in [-0.2, 0) is 4.79 Å². The Morgan fingerprint density at radius 2 is 2.27 bits per heavy atom. The van der Waals surface area contributed by atoms with Gasteiger partial charge in [0, 0.05) is 5.92 Å². The minimum atomic E-state index is -0.883. The van der Waals surface area contributed by atoms with E-state index in [0.717, 1.165) is 18.4 Å². The normalized spacial score (nSPS) is 47.7. The Labute approximate surface area is 89.7 Å². The highest BCUT2D eigenvalue weighted by atomic mass is 16.3. The summed E-state index contributed by atoms with van der Waals surface area (Å²) < 4.78 is 0. The van der Waals surface area contributed by atoms with E-state index in [-0.39, 0.29) is 17.6 Å². The second-order valence-corrected chi connectivity index (χ2v) is 5.29. The number of aliphatic hydroxyl groups is 1. The van der Waals surface area contributed by atoms with E-state index < -0.39 is 5.60 Å². The molecule has 3 aliphatic rings. The summed E-state index contributed by atoms with van der Waals surface area (Å²) in [7, 11) is 0. The molecule has 4 atom stereocenters. The van der Waals surface area contributed by atoms with Crippen LogP contribution in [0.5, 0.6) is 0 Å². The molecule has 15 heavy (non-hydrogen) atoms. The molecule has 1 fully saturated rings. The van der Waals surface area contributed by atoms with Gasteiger partial charge >= 0.3 is 0 Å². The highest BCUT2D eigenvalue weighted by Crippen LogP contribution is 2.55. The molecule has 3 aliphatic carbocycles. The fourth-order valence-corrected chi connectivity index (χ4v) is 3.69. The van der Waals surface area contributed by atoms with E-state index in [9.17, 15) is 9.90 Å². The third-order valence-corrected chi connectivity index (χ3v) is 4.35. The predicted octanol–water partition coefficient (Wildman–Crippen LogP) is 1.85. The molecule has 0 aromatic carbocycles. The molecule has 0 unspecified atom stereocenters. The maximum absolute atomic E-state index is 11.9. The first kappa shape index (κ1) is 9.34. The van der Waals surface area contributed by atoms with Gasteiger partial charge in [-0.2, -0.15) is 0 Å². The van der Waals surface area contributed by atoms with Crippen LogP contribution in [0, 0.1) is 17.8 Å². The van der Waals surface area contributed by atoms with E-state index in [1.807, 2.05) is 13.0 Å². The number of hydrogen-bond acceptors (Lipinski definition) is 2. The Hall–Kier alpha value is -0.890. The van der Waals surface area contributed by atoms with Crippen molar-refractivity contribution in [2.24, 2.45) is 17.8 Å². The fourth-order valence-electron chi connectivity index (χ4n) is 3.69. The number of carbonyl (C=O) groups excluding carboxylic acids is 1. The van der Waals surface area contributed by atoms with Gasteiger partial charge in [-0.1, -0.05) is 18.6 Å². The van der Waals surface area contributed by atoms with Crippen molar-refractivity contribution in [1.29, 1.82) is 0 Å². The second-order valence-electron chi connectivity index (χ2n) is 5.29. The molecule has 0 radical (unpaired) electrons. The Kier molecular flexibility index (Phi) is 1.63. The van der Waals surface area contributed by atoms with Gasteiger partial charge in [0.1, 0.15) is 5.60 Å². The maximum Gasteiger partial charge on any atom is 0.168 e. The SMILES string of the molecule is CC1=C[C@@]2(O)[C@H](C=C3CC[C@H](C)[C@H]32)C1=O. The Morgan fingerprint density at radius 3 is 3.00 bits per heavy atom. The van der Waals surface area contributed by atoms with Gasteiger partial charge in [-0.3, -0.25) is 4.79 Å². The average molecular weight is 204 g/mol. The van der Waals surface area contributed by atoms with E-state index in [0.29, 0.717) is 5.92 Å². The molecule has 0 aliphatic heterocycles. The summed E-state index contributed by atoms with van der Waals surface area (Å²) in [6.45, 7) is 3.99. The third-order valence-electron chi connectivity index (χ3n) is 4.35. The predicted molar refractivity (Wildman–Crippen MR) is 57.2 cm³/mol. The molecule has 80 valence electrons. The standard InChI is InChI=1S/C13H16O2/c1-7-3-4-9-5-10-12(14)8(2)6-13(10,15)11(7)9/h5-7,10-11,15H,3-4H2,1-2H3/t7-,10+,11+,13+/m0/s1. The highest BCUT2D eigenvalue weighted by Gasteiger charge is 2.57. The van der Waals surface area contributed by atoms with Gasteiger partial charge in [0.05, 0.1) is 5.92 Å². The van der Waals surface area contributed by atoms with Crippen LogP contribution in [-0.4, -0.2) is 16.5 Å². The van der Waals surface area contributed by atoms with Crippen LogP contribution in [0.25, 0.3) is 0 Å². The summed E-state index contributed by atoms with van der Waals surface area (Å²) >= 11 is 0. The number of rotatable bonds is 0. The van der Waals surface area contributed by atoms with Crippen LogP contribution in [0.2, 0.25) is 0 Å². The van der Waals surface area contributed by atoms with Crippen LogP contribution < -0.4 is 0 Å². The lowest BCUT2D eigenvalue weighted by Crippen LogP contribution is -2.40. The second kappa shape index (κ2) is 2.62. The highest BCUT2D eigenvalue weighted by molar-refractivity contribution is 6.02. The van der Waals surface area contributed by atoms with Gasteiger partial charge in [0.25, 0.3) is 0 Å². The molecule has 0 aromatic heterocycles. The summed E-state index contributed by atoms with van der Waals surface area (Å²) in [5, 5.41) is 10.7. The first-order valence-electron chi connectivity index (χ1n) is 5.70. The van der Waals surface area contributed by atoms with Gasteiger partial charge in [-0.25, -0.2) is 0 Å². The Balaban J connectivity index is 2.10. The number of Topliss-reactive ketones (excluding diaryl/α,β-unsaturated/α-hetero) is 1. The zero-order valence-electron chi connectivity index (χ0n) is 9.16. The van der Waals surface area contributed by atoms with E-state index in [1.165, 1.54) is 5.57 Å². The van der Waals surface area contributed by atoms with Crippen LogP contribution in [0.15, 0.2) is 23.3 Å². The lowest BCUT2D eigenvalue weighted by atomic mass is 9.79. The zero-order valence-corrected chi connectivity index (χ0v) is 9.16. The number of hydrogen-bond donors (Lipinski definition) is 1. The summed E-state index contributed by atoms with van der Waals surface area (Å²) in [5.41, 5.74) is 1.16. The third kappa shape index (κ3) is 0.957. The first-order valence-corrected chi connectivity index (χ1v) is 5.70. The molecule has 0 bridgehead atoms. The molecule has 1 saturated carbocycles. The van der Waals surface area contributed by atoms with Crippen molar-refractivity contribution in [3.63, 3.8) is 0 Å². The quantitative estimate of drug-likeness (QED) is 0.611. The van der Waals surface area contributed by atoms with E-state index in [2.05, 4.69) is 6.92 Å². The zero-order chi connectivity index (χ0) is 10.8. The Morgan fingerprint density at radius 1 is 1.53 bits per heavy atom. The van der Waals surface area contributed by atoms with Gasteiger partial charge in [0.15, 0.2) is 5.78 Å². The Bertz CT molecular complexity index is 405. The molecule has 0 spiro atoms. The number of allylic oxidation sites excluding steroid dienone is 1. The molecule has 0 heterocycles. The molecular weight excluding hydrogens is 188 g/mol. The molecule has 2 heteroatoms. The van der Waals surface area contributed by atoms with Crippen molar-refractivity contribution >= 4 is 5.78 Å². The van der Waals surface area contributed by atoms with Gasteiger partial charge in [-0.15, -0.1) is 0 Å². The van der Waals surface area contributed by atoms with E-state index in [1.54, 1.807) is 6.08 Å². The van der Waals surface area contributed by atoms with Crippen LogP contribution in [0.1, 0.15) is 26.7 Å². The smallest absolute Gasteiger partial charge is 0.168 e. The molecule has 3 rings (SSSR count). The summed E-state index contributed by atoms with van der Waals surface area (Å²) in [6, 6.07) is 0. The lowest BCUT2D eigenvalue weighted by molar-refractivity contribution is -0.121. The summed E-state index contributed by atoms with van der Waals surface area (Å²) in [4.78, 5) is 11.9. The van der Waals surface area contributed by atoms with Crippen LogP contribution in [0.4, 0.5) is 0 Å². The maximum atomic E-state index is 11.9. The fraction of sp³-hybridized carbons (Fsp3) is 0.615. The van der Waals surface area contributed by atoms with Crippen molar-refractivity contribution < 1.29 is 9.90 Å². The van der Waals surface area contributed by atoms with Crippen LogP contribution >= 0.6 is 0 Å². The topological polar surface area (TPSA) is 37.3 Å². The largest absolute Gasteiger partial charge is 0.384 e. The summed E-state index contributed by atoms with van der Waals surface area (Å²) in [5.74, 6) is 0.539. The van der Waals surface area contributed by atoms with Gasteiger partial charge < -0.3 is 5.11 Å². The molecular formula is C13H16O2. The van der Waals surface area contributed by atoms with Gasteiger partial charge in [0.2, 0.25) is 0 Å². The minimum Gasteiger partial charge on any atom is -0.384 e. The number of carbonyl (C=O) groups is 1. The first-order chi connectivity index (χ1) is 7.04. The average Bonchev–Trinajstić information content (AvgIpc) is 2.71. The molecule has 0 aromatic rings. The minimum absolute atomic E-state index is 0.117. The number of fused-ring (bicyclic) bond motifs is 3. The van der Waals surface area contributed by atoms with Crippen molar-refractivity contribution in [3.05, 3.63) is 23.3 Å². The molecule has 1 N–H and O–H groups in total. The van der Waals surface area contributed by atoms with Crippen LogP contribution in [0.3, 0.4) is 0 Å². The molecule has 0 amide bonds. The summed E-state index contributed by atoms with van der Waals surface area (Å²) in [6.07, 6.45) is 6.04. The lowest BCUT2D eigenvalue weighted by Gasteiger charge is -2.30.